The average molecular weight is 396 g/mol. The van der Waals surface area contributed by atoms with E-state index in [2.05, 4.69) is 12.1 Å². The van der Waals surface area contributed by atoms with Crippen molar-refractivity contribution in [2.45, 2.75) is 38.0 Å². The Hall–Kier alpha value is -3.20. The minimum absolute atomic E-state index is 0.241. The highest BCUT2D eigenvalue weighted by atomic mass is 16.5. The van der Waals surface area contributed by atoms with Gasteiger partial charge in [-0.1, -0.05) is 43.5 Å². The largest absolute Gasteiger partial charge is 0.508 e. The fraction of sp³-hybridized carbons (Fsp3) is 0.259. The number of benzene rings is 4. The third-order valence-corrected chi connectivity index (χ3v) is 6.97. The lowest BCUT2D eigenvalue weighted by Crippen LogP contribution is -2.22. The molecule has 0 atom stereocenters. The van der Waals surface area contributed by atoms with E-state index in [-0.39, 0.29) is 17.4 Å². The monoisotopic (exact) mass is 396 g/mol. The summed E-state index contributed by atoms with van der Waals surface area (Å²) in [6, 6.07) is 19.5. The van der Waals surface area contributed by atoms with E-state index < -0.39 is 0 Å². The minimum atomic E-state index is 0.241. The summed E-state index contributed by atoms with van der Waals surface area (Å²) < 4.78 is 6.45. The normalized spacial score (nSPS) is 16.9. The fourth-order valence-electron chi connectivity index (χ4n) is 5.66. The molecule has 1 aliphatic heterocycles. The maximum Gasteiger partial charge on any atom is 0.131 e. The van der Waals surface area contributed by atoms with Crippen LogP contribution in [0.25, 0.3) is 21.5 Å². The van der Waals surface area contributed by atoms with E-state index in [1.807, 2.05) is 36.4 Å². The number of hydrogen-bond donors (Lipinski definition) is 2. The van der Waals surface area contributed by atoms with Crippen LogP contribution in [0.3, 0.4) is 0 Å². The zero-order valence-corrected chi connectivity index (χ0v) is 16.8. The molecule has 150 valence electrons. The van der Waals surface area contributed by atoms with Crippen LogP contribution >= 0.6 is 0 Å². The maximum absolute atomic E-state index is 10.0. The number of phenolic OH excluding ortho intramolecular Hbond substituents is 2. The summed E-state index contributed by atoms with van der Waals surface area (Å²) in [6.45, 7) is 0. The van der Waals surface area contributed by atoms with Crippen LogP contribution in [0.1, 0.15) is 49.1 Å². The van der Waals surface area contributed by atoms with Gasteiger partial charge in [0, 0.05) is 17.0 Å². The number of fused-ring (bicyclic) bond motifs is 6. The van der Waals surface area contributed by atoms with Crippen LogP contribution in [-0.2, 0) is 0 Å². The van der Waals surface area contributed by atoms with Gasteiger partial charge in [0.25, 0.3) is 0 Å². The van der Waals surface area contributed by atoms with Gasteiger partial charge in [-0.05, 0) is 76.7 Å². The fourth-order valence-corrected chi connectivity index (χ4v) is 5.66. The van der Waals surface area contributed by atoms with Crippen molar-refractivity contribution >= 4 is 21.5 Å². The molecule has 0 unspecified atom stereocenters. The first-order chi connectivity index (χ1) is 14.7. The Labute approximate surface area is 175 Å². The Morgan fingerprint density at radius 2 is 1.17 bits per heavy atom. The van der Waals surface area contributed by atoms with Gasteiger partial charge in [0.1, 0.15) is 23.0 Å². The van der Waals surface area contributed by atoms with Gasteiger partial charge in [0.2, 0.25) is 0 Å². The molecule has 6 rings (SSSR count). The molecule has 0 amide bonds. The predicted octanol–water partition coefficient (Wildman–Crippen LogP) is 7.22. The molecular weight excluding hydrogens is 372 g/mol. The van der Waals surface area contributed by atoms with Crippen LogP contribution in [-0.4, -0.2) is 10.2 Å². The van der Waals surface area contributed by atoms with Crippen molar-refractivity contribution < 1.29 is 14.9 Å². The second kappa shape index (κ2) is 6.66. The first kappa shape index (κ1) is 17.6. The molecule has 1 aliphatic carbocycles. The number of ether oxygens (including phenoxy) is 1. The lowest BCUT2D eigenvalue weighted by Gasteiger charge is -2.37. The SMILES string of the molecule is Oc1ccc2c3c(ccc2c1)Oc1ccc2cc(O)ccc2c1C3C1CCCCC1. The van der Waals surface area contributed by atoms with Crippen LogP contribution in [0.5, 0.6) is 23.0 Å². The van der Waals surface area contributed by atoms with Crippen molar-refractivity contribution in [1.29, 1.82) is 0 Å². The number of phenols is 2. The van der Waals surface area contributed by atoms with Gasteiger partial charge in [-0.3, -0.25) is 0 Å². The summed E-state index contributed by atoms with van der Waals surface area (Å²) in [6.07, 6.45) is 6.28. The van der Waals surface area contributed by atoms with Crippen molar-refractivity contribution in [3.63, 3.8) is 0 Å². The third-order valence-electron chi connectivity index (χ3n) is 6.97. The van der Waals surface area contributed by atoms with Crippen LogP contribution in [0.15, 0.2) is 60.7 Å². The summed E-state index contributed by atoms with van der Waals surface area (Å²) in [7, 11) is 0. The molecule has 0 bridgehead atoms. The molecule has 2 aliphatic rings. The number of aromatic hydroxyl groups is 2. The van der Waals surface area contributed by atoms with Crippen molar-refractivity contribution in [3.8, 4) is 23.0 Å². The van der Waals surface area contributed by atoms with Gasteiger partial charge in [0.15, 0.2) is 0 Å². The van der Waals surface area contributed by atoms with E-state index in [4.69, 9.17) is 4.74 Å². The Morgan fingerprint density at radius 3 is 1.70 bits per heavy atom. The predicted molar refractivity (Wildman–Crippen MR) is 120 cm³/mol. The molecule has 0 aromatic heterocycles. The molecule has 4 aromatic carbocycles. The molecule has 2 N–H and O–H groups in total. The zero-order valence-electron chi connectivity index (χ0n) is 16.8. The van der Waals surface area contributed by atoms with Gasteiger partial charge in [0.05, 0.1) is 0 Å². The topological polar surface area (TPSA) is 49.7 Å². The second-order valence-electron chi connectivity index (χ2n) is 8.74. The van der Waals surface area contributed by atoms with Gasteiger partial charge < -0.3 is 14.9 Å². The highest BCUT2D eigenvalue weighted by molar-refractivity contribution is 5.95. The van der Waals surface area contributed by atoms with Crippen LogP contribution in [0.4, 0.5) is 0 Å². The van der Waals surface area contributed by atoms with Crippen LogP contribution < -0.4 is 4.74 Å². The lowest BCUT2D eigenvalue weighted by atomic mass is 9.70. The summed E-state index contributed by atoms with van der Waals surface area (Å²) in [5, 5.41) is 24.4. The molecular formula is C27H24O3. The van der Waals surface area contributed by atoms with Crippen molar-refractivity contribution in [2.24, 2.45) is 5.92 Å². The lowest BCUT2D eigenvalue weighted by molar-refractivity contribution is 0.312. The van der Waals surface area contributed by atoms with Gasteiger partial charge >= 0.3 is 0 Å². The van der Waals surface area contributed by atoms with E-state index in [1.165, 1.54) is 43.2 Å². The summed E-state index contributed by atoms with van der Waals surface area (Å²) in [5.74, 6) is 3.22. The Kier molecular flexibility index (Phi) is 3.92. The quantitative estimate of drug-likeness (QED) is 0.357. The Balaban J connectivity index is 1.67. The molecule has 0 radical (unpaired) electrons. The van der Waals surface area contributed by atoms with E-state index >= 15 is 0 Å². The van der Waals surface area contributed by atoms with Crippen LogP contribution in [0, 0.1) is 5.92 Å². The molecule has 0 saturated heterocycles. The third kappa shape index (κ3) is 2.65. The highest BCUT2D eigenvalue weighted by Gasteiger charge is 2.36. The van der Waals surface area contributed by atoms with E-state index in [0.29, 0.717) is 5.92 Å². The second-order valence-corrected chi connectivity index (χ2v) is 8.74. The smallest absolute Gasteiger partial charge is 0.131 e. The Morgan fingerprint density at radius 1 is 0.633 bits per heavy atom. The van der Waals surface area contributed by atoms with Gasteiger partial charge in [-0.15, -0.1) is 0 Å². The molecule has 1 saturated carbocycles. The number of rotatable bonds is 1. The maximum atomic E-state index is 10.0. The van der Waals surface area contributed by atoms with E-state index in [1.54, 1.807) is 12.1 Å². The van der Waals surface area contributed by atoms with E-state index in [9.17, 15) is 10.2 Å². The van der Waals surface area contributed by atoms with Crippen molar-refractivity contribution in [2.75, 3.05) is 0 Å². The molecule has 3 nitrogen and oxygen atoms in total. The van der Waals surface area contributed by atoms with Gasteiger partial charge in [-0.25, -0.2) is 0 Å². The molecule has 1 heterocycles. The molecule has 0 spiro atoms. The summed E-state index contributed by atoms with van der Waals surface area (Å²) in [4.78, 5) is 0. The highest BCUT2D eigenvalue weighted by Crippen LogP contribution is 2.55. The van der Waals surface area contributed by atoms with E-state index in [0.717, 1.165) is 33.0 Å². The standard InChI is InChI=1S/C27H24O3/c28-19-8-10-21-17(14-19)6-12-23-26(21)25(16-4-2-1-3-5-16)27-22-11-9-20(29)15-18(22)7-13-24(27)30-23/h6-16,25,28-29H,1-5H2. The van der Waals surface area contributed by atoms with Crippen molar-refractivity contribution in [1.82, 2.24) is 0 Å². The Bertz CT molecular complexity index is 1190. The minimum Gasteiger partial charge on any atom is -0.508 e. The molecule has 30 heavy (non-hydrogen) atoms. The summed E-state index contributed by atoms with van der Waals surface area (Å²) >= 11 is 0. The summed E-state index contributed by atoms with van der Waals surface area (Å²) in [5.41, 5.74) is 2.49. The molecule has 3 heteroatoms. The van der Waals surface area contributed by atoms with Crippen LogP contribution in [0.2, 0.25) is 0 Å². The first-order valence-corrected chi connectivity index (χ1v) is 10.9. The number of hydrogen-bond acceptors (Lipinski definition) is 3. The first-order valence-electron chi connectivity index (χ1n) is 10.9. The zero-order chi connectivity index (χ0) is 20.2. The molecule has 1 fully saturated rings. The van der Waals surface area contributed by atoms with Crippen molar-refractivity contribution in [3.05, 3.63) is 71.8 Å². The average Bonchev–Trinajstić information content (AvgIpc) is 2.77. The molecule has 4 aromatic rings. The van der Waals surface area contributed by atoms with Gasteiger partial charge in [-0.2, -0.15) is 0 Å².